The highest BCUT2D eigenvalue weighted by molar-refractivity contribution is 7.11. The Kier molecular flexibility index (Phi) is 3.50. The van der Waals surface area contributed by atoms with Crippen molar-refractivity contribution in [2.45, 2.75) is 69.5 Å². The van der Waals surface area contributed by atoms with E-state index in [-0.39, 0.29) is 11.9 Å². The summed E-state index contributed by atoms with van der Waals surface area (Å²) in [5.41, 5.74) is 1.00. The predicted octanol–water partition coefficient (Wildman–Crippen LogP) is 3.16. The summed E-state index contributed by atoms with van der Waals surface area (Å²) in [5.74, 6) is 0.222. The number of carbonyl (C=O) groups excluding carboxylic acids is 1. The molecule has 1 aromatic rings. The SMILES string of the molecule is CCOC(=O)C1CCCc2sc(C3CC4CCC3O4)nc21. The first-order chi connectivity index (χ1) is 10.3. The Morgan fingerprint density at radius 3 is 3.05 bits per heavy atom. The van der Waals surface area contributed by atoms with E-state index in [0.29, 0.717) is 24.7 Å². The molecule has 4 atom stereocenters. The number of nitrogens with zero attached hydrogens (tertiary/aromatic N) is 1. The van der Waals surface area contributed by atoms with Crippen LogP contribution < -0.4 is 0 Å². The second kappa shape index (κ2) is 5.36. The number of fused-ring (bicyclic) bond motifs is 3. The number of hydrogen-bond donors (Lipinski definition) is 0. The van der Waals surface area contributed by atoms with E-state index in [1.165, 1.54) is 22.7 Å². The molecule has 3 aliphatic rings. The van der Waals surface area contributed by atoms with Gasteiger partial charge in [0.25, 0.3) is 0 Å². The van der Waals surface area contributed by atoms with Gasteiger partial charge in [0.2, 0.25) is 0 Å². The van der Waals surface area contributed by atoms with Gasteiger partial charge in [-0.05, 0) is 45.4 Å². The minimum Gasteiger partial charge on any atom is -0.465 e. The van der Waals surface area contributed by atoms with Gasteiger partial charge < -0.3 is 9.47 Å². The third-order valence-corrected chi connectivity index (χ3v) is 6.23. The molecule has 0 radical (unpaired) electrons. The van der Waals surface area contributed by atoms with E-state index < -0.39 is 0 Å². The Morgan fingerprint density at radius 1 is 1.43 bits per heavy atom. The van der Waals surface area contributed by atoms with E-state index in [4.69, 9.17) is 14.5 Å². The average molecular weight is 307 g/mol. The molecule has 4 unspecified atom stereocenters. The molecule has 114 valence electrons. The molecule has 21 heavy (non-hydrogen) atoms. The lowest BCUT2D eigenvalue weighted by atomic mass is 9.89. The van der Waals surface area contributed by atoms with Gasteiger partial charge in [0, 0.05) is 10.8 Å². The zero-order valence-electron chi connectivity index (χ0n) is 12.3. The van der Waals surface area contributed by atoms with Crippen molar-refractivity contribution in [1.29, 1.82) is 0 Å². The van der Waals surface area contributed by atoms with Crippen molar-refractivity contribution in [1.82, 2.24) is 4.98 Å². The van der Waals surface area contributed by atoms with E-state index in [9.17, 15) is 4.79 Å². The van der Waals surface area contributed by atoms with Gasteiger partial charge in [0.1, 0.15) is 5.92 Å². The van der Waals surface area contributed by atoms with Crippen molar-refractivity contribution in [3.63, 3.8) is 0 Å². The minimum atomic E-state index is -0.141. The number of carbonyl (C=O) groups is 1. The largest absolute Gasteiger partial charge is 0.465 e. The fraction of sp³-hybridized carbons (Fsp3) is 0.750. The summed E-state index contributed by atoms with van der Waals surface area (Å²) in [4.78, 5) is 18.3. The lowest BCUT2D eigenvalue weighted by Gasteiger charge is -2.19. The van der Waals surface area contributed by atoms with Crippen LogP contribution in [0.4, 0.5) is 0 Å². The fourth-order valence-corrected chi connectivity index (χ4v) is 5.30. The van der Waals surface area contributed by atoms with E-state index in [2.05, 4.69) is 0 Å². The van der Waals surface area contributed by atoms with Crippen LogP contribution in [0.3, 0.4) is 0 Å². The van der Waals surface area contributed by atoms with Crippen LogP contribution in [0, 0.1) is 0 Å². The Morgan fingerprint density at radius 2 is 2.33 bits per heavy atom. The minimum absolute atomic E-state index is 0.0977. The Bertz CT molecular complexity index is 556. The topological polar surface area (TPSA) is 48.4 Å². The van der Waals surface area contributed by atoms with Crippen LogP contribution in [-0.2, 0) is 20.7 Å². The number of rotatable bonds is 3. The number of ether oxygens (including phenoxy) is 2. The molecule has 2 bridgehead atoms. The molecule has 2 saturated heterocycles. The molecule has 5 heteroatoms. The van der Waals surface area contributed by atoms with Crippen LogP contribution in [0.15, 0.2) is 0 Å². The van der Waals surface area contributed by atoms with Crippen molar-refractivity contribution in [2.24, 2.45) is 0 Å². The zero-order valence-corrected chi connectivity index (χ0v) is 13.2. The summed E-state index contributed by atoms with van der Waals surface area (Å²) >= 11 is 1.81. The van der Waals surface area contributed by atoms with Crippen LogP contribution >= 0.6 is 11.3 Å². The first-order valence-corrected chi connectivity index (χ1v) is 8.89. The van der Waals surface area contributed by atoms with Crippen LogP contribution in [0.2, 0.25) is 0 Å². The number of hydrogen-bond acceptors (Lipinski definition) is 5. The summed E-state index contributed by atoms with van der Waals surface area (Å²) in [6, 6.07) is 0. The molecule has 1 aliphatic carbocycles. The molecular weight excluding hydrogens is 286 g/mol. The molecule has 1 aromatic heterocycles. The number of aryl methyl sites for hydroxylation is 1. The Labute approximate surface area is 128 Å². The first-order valence-electron chi connectivity index (χ1n) is 8.08. The number of thiazole rings is 1. The third-order valence-electron chi connectivity index (χ3n) is 4.97. The number of aromatic nitrogens is 1. The van der Waals surface area contributed by atoms with Gasteiger partial charge in [-0.1, -0.05) is 0 Å². The Balaban J connectivity index is 1.60. The zero-order chi connectivity index (χ0) is 14.4. The monoisotopic (exact) mass is 307 g/mol. The third kappa shape index (κ3) is 2.30. The predicted molar refractivity (Wildman–Crippen MR) is 79.7 cm³/mol. The van der Waals surface area contributed by atoms with Gasteiger partial charge in [-0.3, -0.25) is 4.79 Å². The van der Waals surface area contributed by atoms with Crippen LogP contribution in [0.5, 0.6) is 0 Å². The van der Waals surface area contributed by atoms with Crippen molar-refractivity contribution in [2.75, 3.05) is 6.61 Å². The van der Waals surface area contributed by atoms with E-state index in [0.717, 1.165) is 31.4 Å². The lowest BCUT2D eigenvalue weighted by molar-refractivity contribution is -0.145. The summed E-state index contributed by atoms with van der Waals surface area (Å²) in [5, 5.41) is 1.20. The van der Waals surface area contributed by atoms with Gasteiger partial charge in [-0.25, -0.2) is 4.98 Å². The highest BCUT2D eigenvalue weighted by atomic mass is 32.1. The molecule has 2 aliphatic heterocycles. The maximum absolute atomic E-state index is 12.1. The van der Waals surface area contributed by atoms with Crippen LogP contribution in [0.25, 0.3) is 0 Å². The average Bonchev–Trinajstić information content (AvgIpc) is 3.20. The summed E-state index contributed by atoms with van der Waals surface area (Å²) in [6.07, 6.45) is 7.29. The van der Waals surface area contributed by atoms with Gasteiger partial charge in [-0.2, -0.15) is 0 Å². The highest BCUT2D eigenvalue weighted by Crippen LogP contribution is 2.47. The summed E-state index contributed by atoms with van der Waals surface area (Å²) < 4.78 is 11.2. The maximum Gasteiger partial charge on any atom is 0.315 e. The van der Waals surface area contributed by atoms with Crippen molar-refractivity contribution >= 4 is 17.3 Å². The standard InChI is InChI=1S/C16H21NO3S/c1-2-19-16(18)10-4-3-5-13-14(10)17-15(21-13)11-8-9-6-7-12(11)20-9/h9-12H,2-8H2,1H3. The molecule has 0 aromatic carbocycles. The van der Waals surface area contributed by atoms with Gasteiger partial charge >= 0.3 is 5.97 Å². The fourth-order valence-electron chi connectivity index (χ4n) is 3.97. The van der Waals surface area contributed by atoms with Crippen molar-refractivity contribution in [3.05, 3.63) is 15.6 Å². The molecular formula is C16H21NO3S. The van der Waals surface area contributed by atoms with Crippen molar-refractivity contribution in [3.8, 4) is 0 Å². The smallest absolute Gasteiger partial charge is 0.315 e. The van der Waals surface area contributed by atoms with Gasteiger partial charge in [0.05, 0.1) is 29.5 Å². The molecule has 0 amide bonds. The molecule has 4 rings (SSSR count). The maximum atomic E-state index is 12.1. The molecule has 2 fully saturated rings. The quantitative estimate of drug-likeness (QED) is 0.805. The Hall–Kier alpha value is -0.940. The normalized spacial score (nSPS) is 34.0. The number of esters is 1. The van der Waals surface area contributed by atoms with E-state index in [1.807, 2.05) is 18.3 Å². The van der Waals surface area contributed by atoms with E-state index >= 15 is 0 Å². The molecule has 0 N–H and O–H groups in total. The van der Waals surface area contributed by atoms with Crippen molar-refractivity contribution < 1.29 is 14.3 Å². The van der Waals surface area contributed by atoms with Crippen LogP contribution in [-0.4, -0.2) is 29.8 Å². The first kappa shape index (κ1) is 13.7. The molecule has 0 saturated carbocycles. The summed E-state index contributed by atoms with van der Waals surface area (Å²) in [6.45, 7) is 2.31. The van der Waals surface area contributed by atoms with E-state index in [1.54, 1.807) is 0 Å². The second-order valence-corrected chi connectivity index (χ2v) is 7.39. The highest BCUT2D eigenvalue weighted by Gasteiger charge is 2.44. The van der Waals surface area contributed by atoms with Gasteiger partial charge in [-0.15, -0.1) is 11.3 Å². The second-order valence-electron chi connectivity index (χ2n) is 6.27. The summed E-state index contributed by atoms with van der Waals surface area (Å²) in [7, 11) is 0. The van der Waals surface area contributed by atoms with Gasteiger partial charge in [0.15, 0.2) is 0 Å². The van der Waals surface area contributed by atoms with Crippen LogP contribution in [0.1, 0.15) is 66.4 Å². The molecule has 4 nitrogen and oxygen atoms in total. The molecule has 0 spiro atoms. The molecule has 3 heterocycles. The lowest BCUT2D eigenvalue weighted by Crippen LogP contribution is -2.21.